The highest BCUT2D eigenvalue weighted by Gasteiger charge is 2.30. The summed E-state index contributed by atoms with van der Waals surface area (Å²) in [5.41, 5.74) is 0.0641. The van der Waals surface area contributed by atoms with Gasteiger partial charge in [-0.05, 0) is 30.7 Å². The van der Waals surface area contributed by atoms with Crippen LogP contribution in [0.15, 0.2) is 24.3 Å². The molecule has 0 spiro atoms. The summed E-state index contributed by atoms with van der Waals surface area (Å²) in [6.45, 7) is 3.15. The van der Waals surface area contributed by atoms with Crippen LogP contribution in [0.4, 0.5) is 13.2 Å². The van der Waals surface area contributed by atoms with Crippen LogP contribution in [0.3, 0.4) is 0 Å². The molecule has 1 amide bonds. The monoisotopic (exact) mass is 302 g/mol. The molecule has 0 heterocycles. The molecule has 1 unspecified atom stereocenters. The zero-order valence-corrected chi connectivity index (χ0v) is 12.5. The number of hydrogen-bond donors (Lipinski definition) is 1. The fourth-order valence-electron chi connectivity index (χ4n) is 1.94. The quantitative estimate of drug-likeness (QED) is 0.876. The van der Waals surface area contributed by atoms with Crippen molar-refractivity contribution >= 4 is 5.91 Å². The molecule has 0 saturated carbocycles. The SMILES string of the molecule is CNCCN(C)C(=O)CC(C)c1ccc(C(F)(F)F)cc1. The second kappa shape index (κ2) is 7.45. The summed E-state index contributed by atoms with van der Waals surface area (Å²) in [7, 11) is 3.53. The van der Waals surface area contributed by atoms with Gasteiger partial charge in [0.15, 0.2) is 0 Å². The Labute approximate surface area is 123 Å². The molecule has 1 N–H and O–H groups in total. The number of amides is 1. The zero-order chi connectivity index (χ0) is 16.0. The molecule has 0 saturated heterocycles. The Balaban J connectivity index is 2.63. The lowest BCUT2D eigenvalue weighted by atomic mass is 9.96. The standard InChI is InChI=1S/C15H21F3N2O/c1-11(10-14(21)20(3)9-8-19-2)12-4-6-13(7-5-12)15(16,17)18/h4-7,11,19H,8-10H2,1-3H3. The van der Waals surface area contributed by atoms with E-state index in [4.69, 9.17) is 0 Å². The first-order chi connectivity index (χ1) is 9.75. The van der Waals surface area contributed by atoms with Crippen LogP contribution in [0.1, 0.15) is 30.4 Å². The van der Waals surface area contributed by atoms with Crippen molar-refractivity contribution < 1.29 is 18.0 Å². The zero-order valence-electron chi connectivity index (χ0n) is 12.5. The smallest absolute Gasteiger partial charge is 0.344 e. The lowest BCUT2D eigenvalue weighted by Crippen LogP contribution is -2.33. The Morgan fingerprint density at radius 1 is 1.29 bits per heavy atom. The summed E-state index contributed by atoms with van der Waals surface area (Å²) in [6.07, 6.45) is -4.05. The number of nitrogens with one attached hydrogen (secondary N) is 1. The van der Waals surface area contributed by atoms with E-state index in [1.54, 1.807) is 11.9 Å². The van der Waals surface area contributed by atoms with Gasteiger partial charge in [0.05, 0.1) is 5.56 Å². The molecule has 1 aromatic carbocycles. The lowest BCUT2D eigenvalue weighted by molar-refractivity contribution is -0.137. The van der Waals surface area contributed by atoms with E-state index >= 15 is 0 Å². The molecule has 0 radical (unpaired) electrons. The van der Waals surface area contributed by atoms with Crippen LogP contribution in [-0.2, 0) is 11.0 Å². The van der Waals surface area contributed by atoms with Crippen LogP contribution in [-0.4, -0.2) is 38.0 Å². The molecule has 3 nitrogen and oxygen atoms in total. The van der Waals surface area contributed by atoms with E-state index in [0.717, 1.165) is 17.7 Å². The largest absolute Gasteiger partial charge is 0.416 e. The first-order valence-electron chi connectivity index (χ1n) is 6.81. The Bertz CT molecular complexity index is 457. The molecule has 0 aliphatic rings. The Kier molecular flexibility index (Phi) is 6.20. The van der Waals surface area contributed by atoms with Gasteiger partial charge in [-0.15, -0.1) is 0 Å². The van der Waals surface area contributed by atoms with E-state index in [2.05, 4.69) is 5.32 Å². The Morgan fingerprint density at radius 3 is 2.33 bits per heavy atom. The van der Waals surface area contributed by atoms with E-state index in [1.807, 2.05) is 14.0 Å². The van der Waals surface area contributed by atoms with Gasteiger partial charge in [-0.25, -0.2) is 0 Å². The van der Waals surface area contributed by atoms with E-state index in [9.17, 15) is 18.0 Å². The average molecular weight is 302 g/mol. The number of halogens is 3. The molecule has 0 fully saturated rings. The summed E-state index contributed by atoms with van der Waals surface area (Å²) in [5.74, 6) is -0.130. The van der Waals surface area contributed by atoms with Gasteiger partial charge in [-0.2, -0.15) is 13.2 Å². The highest BCUT2D eigenvalue weighted by molar-refractivity contribution is 5.76. The van der Waals surface area contributed by atoms with Crippen LogP contribution in [0.25, 0.3) is 0 Å². The molecule has 21 heavy (non-hydrogen) atoms. The molecule has 6 heteroatoms. The van der Waals surface area contributed by atoms with Crippen LogP contribution < -0.4 is 5.32 Å². The number of benzene rings is 1. The van der Waals surface area contributed by atoms with Crippen LogP contribution in [0.2, 0.25) is 0 Å². The topological polar surface area (TPSA) is 32.3 Å². The van der Waals surface area contributed by atoms with E-state index in [1.165, 1.54) is 12.1 Å². The molecule has 0 aliphatic heterocycles. The van der Waals surface area contributed by atoms with Crippen LogP contribution in [0.5, 0.6) is 0 Å². The van der Waals surface area contributed by atoms with Crippen molar-refractivity contribution in [1.29, 1.82) is 0 Å². The molecule has 118 valence electrons. The van der Waals surface area contributed by atoms with Gasteiger partial charge >= 0.3 is 6.18 Å². The van der Waals surface area contributed by atoms with Crippen molar-refractivity contribution in [1.82, 2.24) is 10.2 Å². The minimum atomic E-state index is -4.33. The molecule has 0 aromatic heterocycles. The van der Waals surface area contributed by atoms with E-state index < -0.39 is 11.7 Å². The third kappa shape index (κ3) is 5.38. The molecule has 1 rings (SSSR count). The van der Waals surface area contributed by atoms with Gasteiger partial charge in [0, 0.05) is 26.6 Å². The summed E-state index contributed by atoms with van der Waals surface area (Å²) in [6, 6.07) is 4.99. The van der Waals surface area contributed by atoms with Gasteiger partial charge in [-0.3, -0.25) is 4.79 Å². The first-order valence-corrected chi connectivity index (χ1v) is 6.81. The number of carbonyl (C=O) groups excluding carboxylic acids is 1. The van der Waals surface area contributed by atoms with Crippen molar-refractivity contribution in [3.8, 4) is 0 Å². The number of rotatable bonds is 6. The molecular weight excluding hydrogens is 281 g/mol. The molecule has 0 bridgehead atoms. The summed E-state index contributed by atoms with van der Waals surface area (Å²) in [5, 5.41) is 2.96. The van der Waals surface area contributed by atoms with Gasteiger partial charge < -0.3 is 10.2 Å². The Hall–Kier alpha value is -1.56. The molecule has 0 aliphatic carbocycles. The van der Waals surface area contributed by atoms with Gasteiger partial charge in [0.2, 0.25) is 5.91 Å². The van der Waals surface area contributed by atoms with Crippen LogP contribution in [0, 0.1) is 0 Å². The van der Waals surface area contributed by atoms with Crippen molar-refractivity contribution in [2.75, 3.05) is 27.2 Å². The Morgan fingerprint density at radius 2 is 1.86 bits per heavy atom. The summed E-state index contributed by atoms with van der Waals surface area (Å²) < 4.78 is 37.5. The number of likely N-dealkylation sites (N-methyl/N-ethyl adjacent to an activating group) is 2. The van der Waals surface area contributed by atoms with Crippen molar-refractivity contribution in [2.24, 2.45) is 0 Å². The minimum Gasteiger partial charge on any atom is -0.344 e. The number of hydrogen-bond acceptors (Lipinski definition) is 2. The highest BCUT2D eigenvalue weighted by Crippen LogP contribution is 2.30. The highest BCUT2D eigenvalue weighted by atomic mass is 19.4. The normalized spacial score (nSPS) is 13.0. The minimum absolute atomic E-state index is 0.0161. The van der Waals surface area contributed by atoms with Crippen molar-refractivity contribution in [2.45, 2.75) is 25.4 Å². The fraction of sp³-hybridized carbons (Fsp3) is 0.533. The van der Waals surface area contributed by atoms with Gasteiger partial charge in [0.25, 0.3) is 0 Å². The second-order valence-electron chi connectivity index (χ2n) is 5.14. The second-order valence-corrected chi connectivity index (χ2v) is 5.14. The number of carbonyl (C=O) groups is 1. The maximum absolute atomic E-state index is 12.5. The van der Waals surface area contributed by atoms with Gasteiger partial charge in [0.1, 0.15) is 0 Å². The average Bonchev–Trinajstić information content (AvgIpc) is 2.43. The number of alkyl halides is 3. The molecule has 1 aromatic rings. The maximum atomic E-state index is 12.5. The fourth-order valence-corrected chi connectivity index (χ4v) is 1.94. The number of nitrogens with zero attached hydrogens (tertiary/aromatic N) is 1. The third-order valence-electron chi connectivity index (χ3n) is 3.41. The summed E-state index contributed by atoms with van der Waals surface area (Å²) in [4.78, 5) is 13.6. The molecule has 1 atom stereocenters. The predicted molar refractivity (Wildman–Crippen MR) is 76.0 cm³/mol. The van der Waals surface area contributed by atoms with Crippen molar-refractivity contribution in [3.63, 3.8) is 0 Å². The van der Waals surface area contributed by atoms with Crippen molar-refractivity contribution in [3.05, 3.63) is 35.4 Å². The van der Waals surface area contributed by atoms with E-state index in [-0.39, 0.29) is 18.2 Å². The first kappa shape index (κ1) is 17.5. The third-order valence-corrected chi connectivity index (χ3v) is 3.41. The predicted octanol–water partition coefficient (Wildman–Crippen LogP) is 2.88. The summed E-state index contributed by atoms with van der Waals surface area (Å²) >= 11 is 0. The van der Waals surface area contributed by atoms with Crippen LogP contribution >= 0.6 is 0 Å². The van der Waals surface area contributed by atoms with Gasteiger partial charge in [-0.1, -0.05) is 19.1 Å². The molecular formula is C15H21F3N2O. The van der Waals surface area contributed by atoms with E-state index in [0.29, 0.717) is 13.1 Å². The maximum Gasteiger partial charge on any atom is 0.416 e. The lowest BCUT2D eigenvalue weighted by Gasteiger charge is -2.20.